The number of carboxylic acids is 1. The minimum Gasteiger partial charge on any atom is -0.478 e. The molecule has 0 bridgehead atoms. The number of hydrogen-bond donors (Lipinski definition) is 2. The molecule has 0 aromatic carbocycles. The molecule has 96 valence electrons. The minimum atomic E-state index is -1.05. The summed E-state index contributed by atoms with van der Waals surface area (Å²) in [7, 11) is 0. The van der Waals surface area contributed by atoms with Crippen LogP contribution in [0.2, 0.25) is 0 Å². The zero-order valence-electron chi connectivity index (χ0n) is 9.91. The van der Waals surface area contributed by atoms with E-state index in [1.165, 1.54) is 18.3 Å². The summed E-state index contributed by atoms with van der Waals surface area (Å²) in [5.74, 6) is -0.951. The topological polar surface area (TPSA) is 92.2 Å². The average Bonchev–Trinajstić information content (AvgIpc) is 2.40. The van der Waals surface area contributed by atoms with Gasteiger partial charge in [-0.3, -0.25) is 9.78 Å². The van der Waals surface area contributed by atoms with E-state index in [1.54, 1.807) is 24.5 Å². The van der Waals surface area contributed by atoms with Crippen molar-refractivity contribution in [3.05, 3.63) is 54.0 Å². The number of carbonyl (C=O) groups excluding carboxylic acids is 1. The van der Waals surface area contributed by atoms with Crippen LogP contribution in [-0.4, -0.2) is 27.0 Å². The molecule has 0 aliphatic heterocycles. The van der Waals surface area contributed by atoms with Crippen LogP contribution in [0.1, 0.15) is 15.9 Å². The predicted octanol–water partition coefficient (Wildman–Crippen LogP) is 1.36. The molecular formula is C13H11N3O3. The van der Waals surface area contributed by atoms with Crippen molar-refractivity contribution in [2.45, 2.75) is 6.42 Å². The van der Waals surface area contributed by atoms with Crippen LogP contribution in [0.3, 0.4) is 0 Å². The van der Waals surface area contributed by atoms with Crippen molar-refractivity contribution in [2.75, 3.05) is 5.32 Å². The lowest BCUT2D eigenvalue weighted by atomic mass is 10.2. The molecule has 0 atom stereocenters. The predicted molar refractivity (Wildman–Crippen MR) is 67.8 cm³/mol. The molecule has 0 saturated heterocycles. The molecule has 19 heavy (non-hydrogen) atoms. The highest BCUT2D eigenvalue weighted by atomic mass is 16.4. The van der Waals surface area contributed by atoms with Gasteiger partial charge in [0, 0.05) is 18.6 Å². The van der Waals surface area contributed by atoms with E-state index in [0.29, 0.717) is 5.82 Å². The van der Waals surface area contributed by atoms with E-state index in [1.807, 2.05) is 0 Å². The number of rotatable bonds is 4. The molecule has 0 aliphatic carbocycles. The van der Waals surface area contributed by atoms with Gasteiger partial charge in [0.15, 0.2) is 0 Å². The van der Waals surface area contributed by atoms with Gasteiger partial charge in [-0.1, -0.05) is 0 Å². The first kappa shape index (κ1) is 12.7. The highest BCUT2D eigenvalue weighted by Crippen LogP contribution is 2.06. The maximum Gasteiger partial charge on any atom is 0.337 e. The van der Waals surface area contributed by atoms with Gasteiger partial charge in [-0.05, 0) is 29.8 Å². The number of carbonyl (C=O) groups is 2. The Balaban J connectivity index is 1.97. The lowest BCUT2D eigenvalue weighted by Gasteiger charge is -2.04. The van der Waals surface area contributed by atoms with Crippen LogP contribution in [0.15, 0.2) is 42.9 Å². The van der Waals surface area contributed by atoms with Gasteiger partial charge in [0.1, 0.15) is 5.82 Å². The lowest BCUT2D eigenvalue weighted by molar-refractivity contribution is -0.115. The van der Waals surface area contributed by atoms with Gasteiger partial charge < -0.3 is 10.4 Å². The molecule has 0 unspecified atom stereocenters. The summed E-state index contributed by atoms with van der Waals surface area (Å²) in [5.41, 5.74) is 0.918. The van der Waals surface area contributed by atoms with E-state index < -0.39 is 5.97 Å². The largest absolute Gasteiger partial charge is 0.478 e. The van der Waals surface area contributed by atoms with E-state index in [0.717, 1.165) is 5.56 Å². The van der Waals surface area contributed by atoms with Gasteiger partial charge >= 0.3 is 5.97 Å². The van der Waals surface area contributed by atoms with Crippen LogP contribution in [-0.2, 0) is 11.2 Å². The second-order valence-electron chi connectivity index (χ2n) is 3.82. The number of hydrogen-bond acceptors (Lipinski definition) is 4. The SMILES string of the molecule is O=C(Cc1ccncc1)Nc1ccc(C(=O)O)cn1. The highest BCUT2D eigenvalue weighted by Gasteiger charge is 2.06. The maximum atomic E-state index is 11.7. The van der Waals surface area contributed by atoms with Crippen LogP contribution >= 0.6 is 0 Å². The van der Waals surface area contributed by atoms with Gasteiger partial charge in [0.2, 0.25) is 5.91 Å². The molecular weight excluding hydrogens is 246 g/mol. The monoisotopic (exact) mass is 257 g/mol. The number of nitrogens with one attached hydrogen (secondary N) is 1. The zero-order valence-corrected chi connectivity index (χ0v) is 9.91. The first-order valence-corrected chi connectivity index (χ1v) is 5.53. The van der Waals surface area contributed by atoms with Crippen LogP contribution in [0.5, 0.6) is 0 Å². The number of nitrogens with zero attached hydrogens (tertiary/aromatic N) is 2. The fourth-order valence-corrected chi connectivity index (χ4v) is 1.47. The average molecular weight is 257 g/mol. The fraction of sp³-hybridized carbons (Fsp3) is 0.0769. The second-order valence-corrected chi connectivity index (χ2v) is 3.82. The summed E-state index contributed by atoms with van der Waals surface area (Å²) in [5, 5.41) is 11.3. The number of aromatic nitrogens is 2. The molecule has 6 nitrogen and oxygen atoms in total. The quantitative estimate of drug-likeness (QED) is 0.862. The van der Waals surface area contributed by atoms with Gasteiger partial charge in [-0.25, -0.2) is 9.78 Å². The summed E-state index contributed by atoms with van der Waals surface area (Å²) in [6, 6.07) is 6.34. The second kappa shape index (κ2) is 5.72. The third-order valence-corrected chi connectivity index (χ3v) is 2.39. The summed E-state index contributed by atoms with van der Waals surface area (Å²) < 4.78 is 0. The summed E-state index contributed by atoms with van der Waals surface area (Å²) >= 11 is 0. The highest BCUT2D eigenvalue weighted by molar-refractivity contribution is 5.92. The summed E-state index contributed by atoms with van der Waals surface area (Å²) in [6.45, 7) is 0. The molecule has 0 saturated carbocycles. The Kier molecular flexibility index (Phi) is 3.82. The van der Waals surface area contributed by atoms with Gasteiger partial charge in [0.05, 0.1) is 12.0 Å². The van der Waals surface area contributed by atoms with Crippen LogP contribution in [0.25, 0.3) is 0 Å². The van der Waals surface area contributed by atoms with Crippen molar-refractivity contribution in [3.63, 3.8) is 0 Å². The van der Waals surface area contributed by atoms with Crippen molar-refractivity contribution in [3.8, 4) is 0 Å². The van der Waals surface area contributed by atoms with E-state index in [2.05, 4.69) is 15.3 Å². The van der Waals surface area contributed by atoms with Gasteiger partial charge in [-0.2, -0.15) is 0 Å². The smallest absolute Gasteiger partial charge is 0.337 e. The Labute approximate surface area is 109 Å². The molecule has 0 fully saturated rings. The van der Waals surface area contributed by atoms with E-state index in [-0.39, 0.29) is 17.9 Å². The molecule has 2 rings (SSSR count). The molecule has 6 heteroatoms. The van der Waals surface area contributed by atoms with Crippen molar-refractivity contribution in [2.24, 2.45) is 0 Å². The number of pyridine rings is 2. The van der Waals surface area contributed by atoms with Crippen molar-refractivity contribution in [1.29, 1.82) is 0 Å². The van der Waals surface area contributed by atoms with Crippen molar-refractivity contribution < 1.29 is 14.7 Å². The number of carboxylic acid groups (broad SMARTS) is 1. The number of amides is 1. The number of anilines is 1. The lowest BCUT2D eigenvalue weighted by Crippen LogP contribution is -2.15. The maximum absolute atomic E-state index is 11.7. The summed E-state index contributed by atoms with van der Waals surface area (Å²) in [4.78, 5) is 30.1. The van der Waals surface area contributed by atoms with E-state index in [4.69, 9.17) is 5.11 Å². The Bertz CT molecular complexity index is 582. The Morgan fingerprint density at radius 1 is 1.16 bits per heavy atom. The molecule has 2 heterocycles. The Morgan fingerprint density at radius 3 is 2.47 bits per heavy atom. The molecule has 2 aromatic rings. The number of aromatic carboxylic acids is 1. The molecule has 0 aliphatic rings. The Hall–Kier alpha value is -2.76. The molecule has 0 radical (unpaired) electrons. The first-order chi connectivity index (χ1) is 9.15. The third-order valence-electron chi connectivity index (χ3n) is 2.39. The normalized spacial score (nSPS) is 9.89. The summed E-state index contributed by atoms with van der Waals surface area (Å²) in [6.07, 6.45) is 4.64. The Morgan fingerprint density at radius 2 is 1.89 bits per heavy atom. The van der Waals surface area contributed by atoms with Crippen LogP contribution in [0, 0.1) is 0 Å². The van der Waals surface area contributed by atoms with Crippen molar-refractivity contribution in [1.82, 2.24) is 9.97 Å². The van der Waals surface area contributed by atoms with E-state index in [9.17, 15) is 9.59 Å². The molecule has 1 amide bonds. The van der Waals surface area contributed by atoms with E-state index >= 15 is 0 Å². The van der Waals surface area contributed by atoms with Crippen LogP contribution in [0.4, 0.5) is 5.82 Å². The van der Waals surface area contributed by atoms with Crippen molar-refractivity contribution >= 4 is 17.7 Å². The zero-order chi connectivity index (χ0) is 13.7. The van der Waals surface area contributed by atoms with Gasteiger partial charge in [0.25, 0.3) is 0 Å². The standard InChI is InChI=1S/C13H11N3O3/c17-12(7-9-3-5-14-6-4-9)16-11-2-1-10(8-15-11)13(18)19/h1-6,8H,7H2,(H,18,19)(H,15,16,17). The molecule has 0 spiro atoms. The fourth-order valence-electron chi connectivity index (χ4n) is 1.47. The molecule has 2 aromatic heterocycles. The van der Waals surface area contributed by atoms with Gasteiger partial charge in [-0.15, -0.1) is 0 Å². The third kappa shape index (κ3) is 3.60. The molecule has 2 N–H and O–H groups in total. The first-order valence-electron chi connectivity index (χ1n) is 5.53. The minimum absolute atomic E-state index is 0.0760. The van der Waals surface area contributed by atoms with Crippen LogP contribution < -0.4 is 5.32 Å².